The molecule has 1 fully saturated rings. The average molecular weight is 430 g/mol. The Kier molecular flexibility index (Phi) is 4.94. The third kappa shape index (κ3) is 3.57. The second-order valence-corrected chi connectivity index (χ2v) is 8.66. The second-order valence-electron chi connectivity index (χ2n) is 8.66. The van der Waals surface area contributed by atoms with Crippen LogP contribution in [0.3, 0.4) is 0 Å². The van der Waals surface area contributed by atoms with Crippen molar-refractivity contribution >= 4 is 11.7 Å². The number of carbonyl (C=O) groups excluding carboxylic acids is 1. The molecule has 1 atom stereocenters. The molecule has 1 saturated heterocycles. The lowest BCUT2D eigenvalue weighted by Gasteiger charge is -2.31. The Labute approximate surface area is 177 Å². The summed E-state index contributed by atoms with van der Waals surface area (Å²) in [6.45, 7) is 4.91. The number of likely N-dealkylation sites (tertiary alicyclic amines) is 1. The summed E-state index contributed by atoms with van der Waals surface area (Å²) in [6, 6.07) is 1.25. The summed E-state index contributed by atoms with van der Waals surface area (Å²) in [4.78, 5) is 22.9. The maximum atomic E-state index is 13.3. The Bertz CT molecular complexity index is 1130. The van der Waals surface area contributed by atoms with Crippen LogP contribution >= 0.6 is 0 Å². The van der Waals surface area contributed by atoms with Gasteiger partial charge in [0.2, 0.25) is 5.82 Å². The molecule has 3 aromatic rings. The molecule has 8 nitrogen and oxygen atoms in total. The van der Waals surface area contributed by atoms with Gasteiger partial charge in [0.05, 0.1) is 5.69 Å². The molecule has 1 aliphatic heterocycles. The number of halogens is 2. The fraction of sp³-hybridized carbons (Fsp3) is 0.571. The van der Waals surface area contributed by atoms with Gasteiger partial charge in [-0.25, -0.2) is 13.8 Å². The molecular formula is C21H24F2N6O2. The first-order chi connectivity index (χ1) is 14.9. The Balaban J connectivity index is 1.32. The predicted octanol–water partition coefficient (Wildman–Crippen LogP) is 3.50. The molecule has 3 aromatic heterocycles. The molecule has 0 bridgehead atoms. The van der Waals surface area contributed by atoms with Gasteiger partial charge in [-0.15, -0.1) is 5.10 Å². The van der Waals surface area contributed by atoms with Crippen LogP contribution < -0.4 is 0 Å². The van der Waals surface area contributed by atoms with Gasteiger partial charge in [0.25, 0.3) is 18.1 Å². The first-order valence-corrected chi connectivity index (χ1v) is 10.7. The van der Waals surface area contributed by atoms with Crippen molar-refractivity contribution in [2.24, 2.45) is 5.92 Å². The van der Waals surface area contributed by atoms with Gasteiger partial charge in [0.15, 0.2) is 0 Å². The SMILES string of the molecule is Cc1cc(C(F)F)n2nc(C(=O)N3CCC(c4onc5c4CC(C)CC5)CC3)nc2n1. The highest BCUT2D eigenvalue weighted by Crippen LogP contribution is 2.36. The van der Waals surface area contributed by atoms with E-state index in [-0.39, 0.29) is 29.1 Å². The van der Waals surface area contributed by atoms with Crippen molar-refractivity contribution < 1.29 is 18.1 Å². The lowest BCUT2D eigenvalue weighted by atomic mass is 9.83. The molecule has 2 aliphatic rings. The van der Waals surface area contributed by atoms with Crippen molar-refractivity contribution in [3.8, 4) is 0 Å². The number of amides is 1. The van der Waals surface area contributed by atoms with E-state index in [0.717, 1.165) is 48.1 Å². The molecule has 1 aliphatic carbocycles. The van der Waals surface area contributed by atoms with E-state index in [4.69, 9.17) is 4.52 Å². The molecule has 0 spiro atoms. The fourth-order valence-corrected chi connectivity index (χ4v) is 4.67. The van der Waals surface area contributed by atoms with Crippen LogP contribution in [0.25, 0.3) is 5.78 Å². The molecular weight excluding hydrogens is 406 g/mol. The van der Waals surface area contributed by atoms with Crippen LogP contribution in [0.4, 0.5) is 8.78 Å². The van der Waals surface area contributed by atoms with E-state index >= 15 is 0 Å². The molecule has 0 radical (unpaired) electrons. The number of aryl methyl sites for hydroxylation is 2. The monoisotopic (exact) mass is 430 g/mol. The minimum Gasteiger partial charge on any atom is -0.361 e. The lowest BCUT2D eigenvalue weighted by Crippen LogP contribution is -2.38. The van der Waals surface area contributed by atoms with E-state index < -0.39 is 6.43 Å². The number of hydrogen-bond acceptors (Lipinski definition) is 6. The van der Waals surface area contributed by atoms with E-state index in [2.05, 4.69) is 27.1 Å². The van der Waals surface area contributed by atoms with Crippen LogP contribution in [-0.4, -0.2) is 48.6 Å². The van der Waals surface area contributed by atoms with Gasteiger partial charge in [0, 0.05) is 30.3 Å². The van der Waals surface area contributed by atoms with Crippen molar-refractivity contribution in [3.05, 3.63) is 40.3 Å². The molecule has 1 amide bonds. The van der Waals surface area contributed by atoms with Crippen LogP contribution in [0.5, 0.6) is 0 Å². The average Bonchev–Trinajstić information content (AvgIpc) is 3.36. The highest BCUT2D eigenvalue weighted by atomic mass is 19.3. The maximum Gasteiger partial charge on any atom is 0.293 e. The maximum absolute atomic E-state index is 13.3. The highest BCUT2D eigenvalue weighted by molar-refractivity contribution is 5.91. The number of hydrogen-bond donors (Lipinski definition) is 0. The zero-order chi connectivity index (χ0) is 21.7. The van der Waals surface area contributed by atoms with Gasteiger partial charge < -0.3 is 9.42 Å². The van der Waals surface area contributed by atoms with Gasteiger partial charge in [-0.2, -0.15) is 9.50 Å². The summed E-state index contributed by atoms with van der Waals surface area (Å²) in [6.07, 6.45) is 1.88. The summed E-state index contributed by atoms with van der Waals surface area (Å²) >= 11 is 0. The Hall–Kier alpha value is -2.91. The summed E-state index contributed by atoms with van der Waals surface area (Å²) in [5, 5.41) is 8.30. The Morgan fingerprint density at radius 2 is 2.00 bits per heavy atom. The van der Waals surface area contributed by atoms with E-state index in [1.165, 1.54) is 11.6 Å². The number of rotatable bonds is 3. The standard InChI is InChI=1S/C21H24F2N6O2/c1-11-3-4-15-14(9-11)17(31-27-15)13-5-7-28(8-6-13)20(30)19-25-21-24-12(2)10-16(18(22)23)29(21)26-19/h10-11,13,18H,3-9H2,1-2H3. The quantitative estimate of drug-likeness (QED) is 0.632. The topological polar surface area (TPSA) is 89.4 Å². The number of nitrogens with zero attached hydrogens (tertiary/aromatic N) is 6. The Morgan fingerprint density at radius 3 is 2.74 bits per heavy atom. The predicted molar refractivity (Wildman–Crippen MR) is 106 cm³/mol. The van der Waals surface area contributed by atoms with Crippen molar-refractivity contribution in [1.29, 1.82) is 0 Å². The zero-order valence-corrected chi connectivity index (χ0v) is 17.5. The van der Waals surface area contributed by atoms with Crippen molar-refractivity contribution in [2.75, 3.05) is 13.1 Å². The highest BCUT2D eigenvalue weighted by Gasteiger charge is 2.33. The summed E-state index contributed by atoms with van der Waals surface area (Å²) in [5.74, 6) is 1.37. The van der Waals surface area contributed by atoms with E-state index in [9.17, 15) is 13.6 Å². The van der Waals surface area contributed by atoms with Crippen LogP contribution in [0.15, 0.2) is 10.6 Å². The van der Waals surface area contributed by atoms with Crippen molar-refractivity contribution in [3.63, 3.8) is 0 Å². The third-order valence-corrected chi connectivity index (χ3v) is 6.36. The molecule has 164 valence electrons. The lowest BCUT2D eigenvalue weighted by molar-refractivity contribution is 0.0693. The minimum absolute atomic E-state index is 0.0101. The van der Waals surface area contributed by atoms with E-state index in [1.807, 2.05) is 0 Å². The number of piperidine rings is 1. The first kappa shape index (κ1) is 20.0. The molecule has 4 heterocycles. The molecule has 0 N–H and O–H groups in total. The van der Waals surface area contributed by atoms with Gasteiger partial charge >= 0.3 is 0 Å². The van der Waals surface area contributed by atoms with E-state index in [1.54, 1.807) is 11.8 Å². The summed E-state index contributed by atoms with van der Waals surface area (Å²) in [5.41, 5.74) is 2.42. The van der Waals surface area contributed by atoms with Crippen molar-refractivity contribution in [1.82, 2.24) is 29.6 Å². The second kappa shape index (κ2) is 7.65. The van der Waals surface area contributed by atoms with Gasteiger partial charge in [-0.1, -0.05) is 12.1 Å². The number of aromatic nitrogens is 5. The van der Waals surface area contributed by atoms with Crippen LogP contribution in [0, 0.1) is 12.8 Å². The Morgan fingerprint density at radius 1 is 1.23 bits per heavy atom. The number of carbonyl (C=O) groups is 1. The molecule has 0 aromatic carbocycles. The largest absolute Gasteiger partial charge is 0.361 e. The summed E-state index contributed by atoms with van der Waals surface area (Å²) in [7, 11) is 0. The van der Waals surface area contributed by atoms with Crippen molar-refractivity contribution in [2.45, 2.75) is 58.3 Å². The van der Waals surface area contributed by atoms with Crippen LogP contribution in [0.2, 0.25) is 0 Å². The number of alkyl halides is 2. The normalized spacial score (nSPS) is 19.9. The van der Waals surface area contributed by atoms with Gasteiger partial charge in [-0.3, -0.25) is 4.79 Å². The van der Waals surface area contributed by atoms with Gasteiger partial charge in [0.1, 0.15) is 11.5 Å². The minimum atomic E-state index is -2.74. The molecule has 31 heavy (non-hydrogen) atoms. The fourth-order valence-electron chi connectivity index (χ4n) is 4.67. The zero-order valence-electron chi connectivity index (χ0n) is 17.5. The number of fused-ring (bicyclic) bond motifs is 2. The molecule has 1 unspecified atom stereocenters. The molecule has 10 heteroatoms. The smallest absolute Gasteiger partial charge is 0.293 e. The first-order valence-electron chi connectivity index (χ1n) is 10.7. The molecule has 0 saturated carbocycles. The third-order valence-electron chi connectivity index (χ3n) is 6.36. The van der Waals surface area contributed by atoms with Gasteiger partial charge in [-0.05, 0) is 51.0 Å². The molecule has 5 rings (SSSR count). The van der Waals surface area contributed by atoms with Crippen LogP contribution in [0.1, 0.15) is 77.6 Å². The van der Waals surface area contributed by atoms with E-state index in [0.29, 0.717) is 24.7 Å². The van der Waals surface area contributed by atoms with Crippen LogP contribution in [-0.2, 0) is 12.8 Å². The summed E-state index contributed by atoms with van der Waals surface area (Å²) < 4.78 is 33.3.